The number of hydrogen-bond acceptors (Lipinski definition) is 6. The van der Waals surface area contributed by atoms with Gasteiger partial charge in [-0.1, -0.05) is 13.8 Å². The van der Waals surface area contributed by atoms with Gasteiger partial charge in [0.25, 0.3) is 0 Å². The van der Waals surface area contributed by atoms with Crippen molar-refractivity contribution in [2.45, 2.75) is 70.3 Å². The van der Waals surface area contributed by atoms with Gasteiger partial charge in [0.05, 0.1) is 11.8 Å². The molecule has 0 saturated heterocycles. The average Bonchev–Trinajstić information content (AvgIpc) is 2.62. The predicted molar refractivity (Wildman–Crippen MR) is 112 cm³/mol. The number of rotatable bonds is 4. The molecule has 1 heterocycles. The van der Waals surface area contributed by atoms with E-state index < -0.39 is 7.05 Å². The van der Waals surface area contributed by atoms with E-state index in [0.29, 0.717) is 11.9 Å². The molecule has 2 aromatic rings. The second kappa shape index (κ2) is 7.37. The third-order valence-electron chi connectivity index (χ3n) is 5.97. The topological polar surface area (TPSA) is 93.3 Å². The Bertz CT molecular complexity index is 863. The van der Waals surface area contributed by atoms with Crippen LogP contribution in [0.2, 0.25) is 6.82 Å². The lowest BCUT2D eigenvalue weighted by Gasteiger charge is -2.34. The minimum atomic E-state index is -0.452. The molecule has 7 heteroatoms. The maximum atomic E-state index is 9.49. The first kappa shape index (κ1) is 19.2. The van der Waals surface area contributed by atoms with Gasteiger partial charge in [0.15, 0.2) is 0 Å². The van der Waals surface area contributed by atoms with Gasteiger partial charge < -0.3 is 20.7 Å². The molecule has 0 amide bonds. The van der Waals surface area contributed by atoms with Crippen LogP contribution in [-0.4, -0.2) is 34.2 Å². The maximum Gasteiger partial charge on any atom is 0.373 e. The summed E-state index contributed by atoms with van der Waals surface area (Å²) in [5.41, 5.74) is 10.4. The lowest BCUT2D eigenvalue weighted by Crippen LogP contribution is -2.43. The third kappa shape index (κ3) is 3.73. The number of fused-ring (bicyclic) bond motifs is 3. The Labute approximate surface area is 167 Å². The minimum absolute atomic E-state index is 0.114. The van der Waals surface area contributed by atoms with Gasteiger partial charge in [-0.25, -0.2) is 9.97 Å². The predicted octanol–water partition coefficient (Wildman–Crippen LogP) is 2.95. The fourth-order valence-corrected chi connectivity index (χ4v) is 4.74. The van der Waals surface area contributed by atoms with Gasteiger partial charge in [0.1, 0.15) is 17.9 Å². The van der Waals surface area contributed by atoms with Crippen molar-refractivity contribution in [2.24, 2.45) is 0 Å². The highest BCUT2D eigenvalue weighted by Gasteiger charge is 2.34. The number of aromatic nitrogens is 2. The summed E-state index contributed by atoms with van der Waals surface area (Å²) in [5.74, 6) is 1.50. The second-order valence-electron chi connectivity index (χ2n) is 8.80. The highest BCUT2D eigenvalue weighted by atomic mass is 16.5. The Morgan fingerprint density at radius 1 is 1.21 bits per heavy atom. The van der Waals surface area contributed by atoms with Crippen molar-refractivity contribution in [1.29, 1.82) is 0 Å². The van der Waals surface area contributed by atoms with E-state index in [1.165, 1.54) is 5.56 Å². The zero-order chi connectivity index (χ0) is 19.9. The first-order valence-electron chi connectivity index (χ1n) is 10.2. The molecule has 4 rings (SSSR count). The number of nitrogens with two attached hydrogens (primary N) is 1. The molecule has 0 spiro atoms. The number of nitrogen functional groups attached to an aromatic ring is 1. The van der Waals surface area contributed by atoms with Crippen LogP contribution in [0.4, 0.5) is 5.82 Å². The summed E-state index contributed by atoms with van der Waals surface area (Å²) in [6.45, 7) is 6.16. The molecule has 148 valence electrons. The van der Waals surface area contributed by atoms with Crippen LogP contribution in [0.15, 0.2) is 24.5 Å². The Hall–Kier alpha value is -2.12. The summed E-state index contributed by atoms with van der Waals surface area (Å²) in [6, 6.07) is 6.69. The van der Waals surface area contributed by atoms with Crippen molar-refractivity contribution in [1.82, 2.24) is 15.2 Å². The quantitative estimate of drug-likeness (QED) is 0.707. The molecular formula is C21H29BN4O2. The largest absolute Gasteiger partial charge is 0.490 e. The summed E-state index contributed by atoms with van der Waals surface area (Å²) in [7, 11) is -0.452. The van der Waals surface area contributed by atoms with Crippen molar-refractivity contribution in [3.8, 4) is 17.0 Å². The van der Waals surface area contributed by atoms with Crippen molar-refractivity contribution in [3.05, 3.63) is 35.7 Å². The Kier molecular flexibility index (Phi) is 5.06. The fourth-order valence-electron chi connectivity index (χ4n) is 4.74. The summed E-state index contributed by atoms with van der Waals surface area (Å²) >= 11 is 0. The van der Waals surface area contributed by atoms with Gasteiger partial charge in [-0.15, -0.1) is 0 Å². The number of nitrogens with zero attached hydrogens (tertiary/aromatic N) is 2. The molecular weight excluding hydrogens is 351 g/mol. The number of benzene rings is 1. The second-order valence-corrected chi connectivity index (χ2v) is 8.80. The summed E-state index contributed by atoms with van der Waals surface area (Å²) in [4.78, 5) is 8.74. The molecule has 0 atom stereocenters. The van der Waals surface area contributed by atoms with Crippen LogP contribution in [0.5, 0.6) is 5.75 Å². The van der Waals surface area contributed by atoms with E-state index in [4.69, 9.17) is 10.5 Å². The van der Waals surface area contributed by atoms with Crippen LogP contribution in [0.25, 0.3) is 11.3 Å². The van der Waals surface area contributed by atoms with Crippen molar-refractivity contribution in [3.63, 3.8) is 0 Å². The highest BCUT2D eigenvalue weighted by molar-refractivity contribution is 6.45. The molecule has 4 N–H and O–H groups in total. The SMILES string of the molecule is CB(O)NC1CCC(Oc2ccc3c(c2)CC(C)(C)c2c(N)ncnc2-3)CC1. The molecule has 1 aromatic heterocycles. The first-order chi connectivity index (χ1) is 13.3. The third-order valence-corrected chi connectivity index (χ3v) is 5.97. The zero-order valence-electron chi connectivity index (χ0n) is 16.9. The average molecular weight is 380 g/mol. The molecule has 2 aliphatic rings. The number of anilines is 1. The van der Waals surface area contributed by atoms with E-state index >= 15 is 0 Å². The van der Waals surface area contributed by atoms with Crippen LogP contribution in [-0.2, 0) is 11.8 Å². The Balaban J connectivity index is 1.52. The van der Waals surface area contributed by atoms with E-state index in [1.54, 1.807) is 13.2 Å². The molecule has 0 bridgehead atoms. The van der Waals surface area contributed by atoms with E-state index in [1.807, 2.05) is 6.07 Å². The molecule has 2 aliphatic carbocycles. The smallest absolute Gasteiger partial charge is 0.373 e. The molecule has 1 aromatic carbocycles. The molecule has 1 fully saturated rings. The number of hydrogen-bond donors (Lipinski definition) is 3. The van der Waals surface area contributed by atoms with Crippen LogP contribution >= 0.6 is 0 Å². The van der Waals surface area contributed by atoms with Crippen molar-refractivity contribution >= 4 is 12.9 Å². The standard InChI is InChI=1S/C21H29BN4O2/c1-21(2)11-13-10-16(28-15-6-4-14(5-7-15)26-22(3)27)8-9-17(13)19-18(21)20(23)25-12-24-19/h8-10,12,14-15,26-27H,4-7,11H2,1-3H3,(H2,23,24,25). The molecule has 1 saturated carbocycles. The van der Waals surface area contributed by atoms with Crippen molar-refractivity contribution in [2.75, 3.05) is 5.73 Å². The molecule has 6 nitrogen and oxygen atoms in total. The van der Waals surface area contributed by atoms with Gasteiger partial charge in [0, 0.05) is 11.1 Å². The minimum Gasteiger partial charge on any atom is -0.490 e. The lowest BCUT2D eigenvalue weighted by molar-refractivity contribution is 0.143. The van der Waals surface area contributed by atoms with Crippen molar-refractivity contribution < 1.29 is 9.76 Å². The van der Waals surface area contributed by atoms with E-state index in [-0.39, 0.29) is 11.5 Å². The summed E-state index contributed by atoms with van der Waals surface area (Å²) in [6.07, 6.45) is 6.71. The van der Waals surface area contributed by atoms with Crippen LogP contribution in [0.1, 0.15) is 50.7 Å². The molecule has 0 aliphatic heterocycles. The summed E-state index contributed by atoms with van der Waals surface area (Å²) in [5, 5.41) is 12.7. The van der Waals surface area contributed by atoms with E-state index in [9.17, 15) is 5.02 Å². The van der Waals surface area contributed by atoms with Gasteiger partial charge in [-0.3, -0.25) is 0 Å². The molecule has 0 unspecified atom stereocenters. The van der Waals surface area contributed by atoms with Crippen LogP contribution < -0.4 is 15.7 Å². The zero-order valence-corrected chi connectivity index (χ0v) is 16.9. The number of ether oxygens (including phenoxy) is 1. The summed E-state index contributed by atoms with van der Waals surface area (Å²) < 4.78 is 6.31. The van der Waals surface area contributed by atoms with Gasteiger partial charge in [0.2, 0.25) is 0 Å². The van der Waals surface area contributed by atoms with Crippen LogP contribution in [0.3, 0.4) is 0 Å². The maximum absolute atomic E-state index is 9.49. The monoisotopic (exact) mass is 380 g/mol. The number of nitrogens with one attached hydrogen (secondary N) is 1. The first-order valence-corrected chi connectivity index (χ1v) is 10.2. The van der Waals surface area contributed by atoms with Gasteiger partial charge in [-0.2, -0.15) is 0 Å². The fraction of sp³-hybridized carbons (Fsp3) is 0.524. The molecule has 28 heavy (non-hydrogen) atoms. The Morgan fingerprint density at radius 3 is 2.68 bits per heavy atom. The van der Waals surface area contributed by atoms with Crippen LogP contribution in [0, 0.1) is 0 Å². The molecule has 0 radical (unpaired) electrons. The normalized spacial score (nSPS) is 22.9. The highest BCUT2D eigenvalue weighted by Crippen LogP contribution is 2.44. The van der Waals surface area contributed by atoms with E-state index in [0.717, 1.165) is 54.7 Å². The van der Waals surface area contributed by atoms with Gasteiger partial charge in [-0.05, 0) is 74.1 Å². The van der Waals surface area contributed by atoms with E-state index in [2.05, 4.69) is 41.2 Å². The Morgan fingerprint density at radius 2 is 1.96 bits per heavy atom. The van der Waals surface area contributed by atoms with Gasteiger partial charge >= 0.3 is 7.05 Å². The lowest BCUT2D eigenvalue weighted by atomic mass is 9.72.